The molecule has 3 heterocycles. The van der Waals surface area contributed by atoms with Crippen LogP contribution in [-0.2, 0) is 16.0 Å². The predicted octanol–water partition coefficient (Wildman–Crippen LogP) is 7.35. The second-order valence-electron chi connectivity index (χ2n) is 10.6. The molecule has 1 N–H and O–H groups in total. The van der Waals surface area contributed by atoms with E-state index in [-0.39, 0.29) is 17.4 Å². The largest absolute Gasteiger partial charge is 0.507 e. The van der Waals surface area contributed by atoms with Gasteiger partial charge in [0, 0.05) is 12.0 Å². The molecule has 1 aromatic heterocycles. The van der Waals surface area contributed by atoms with Crippen molar-refractivity contribution in [1.29, 1.82) is 0 Å². The van der Waals surface area contributed by atoms with Crippen LogP contribution in [0.5, 0.6) is 17.2 Å². The fourth-order valence-electron chi connectivity index (χ4n) is 5.57. The van der Waals surface area contributed by atoms with E-state index in [4.69, 9.17) is 14.5 Å². The van der Waals surface area contributed by atoms with Crippen molar-refractivity contribution in [3.8, 4) is 17.2 Å². The summed E-state index contributed by atoms with van der Waals surface area (Å²) in [4.78, 5) is 33.6. The minimum absolute atomic E-state index is 0.000730. The number of aromatic nitrogens is 1. The van der Waals surface area contributed by atoms with Crippen molar-refractivity contribution in [2.75, 3.05) is 4.90 Å². The van der Waals surface area contributed by atoms with E-state index in [9.17, 15) is 14.7 Å². The highest BCUT2D eigenvalue weighted by Gasteiger charge is 2.48. The number of rotatable bonds is 5. The number of fused-ring (bicyclic) bond motifs is 2. The number of amides is 1. The molecular formula is C34H26N2O5S. The van der Waals surface area contributed by atoms with Crippen molar-refractivity contribution in [2.24, 2.45) is 0 Å². The van der Waals surface area contributed by atoms with Crippen molar-refractivity contribution in [3.63, 3.8) is 0 Å². The molecular weight excluding hydrogens is 548 g/mol. The Balaban J connectivity index is 1.38. The van der Waals surface area contributed by atoms with E-state index in [1.165, 1.54) is 16.2 Å². The molecule has 7 nitrogen and oxygen atoms in total. The maximum Gasteiger partial charge on any atom is 0.301 e. The molecule has 208 valence electrons. The van der Waals surface area contributed by atoms with Gasteiger partial charge in [0.2, 0.25) is 0 Å². The van der Waals surface area contributed by atoms with Crippen LogP contribution in [0.15, 0.2) is 96.6 Å². The zero-order valence-corrected chi connectivity index (χ0v) is 23.7. The Morgan fingerprint density at radius 3 is 2.62 bits per heavy atom. The average Bonchev–Trinajstić information content (AvgIpc) is 3.65. The summed E-state index contributed by atoms with van der Waals surface area (Å²) in [5, 5.41) is 12.1. The van der Waals surface area contributed by atoms with Crippen LogP contribution < -0.4 is 14.4 Å². The Hall–Kier alpha value is -4.95. The number of carbonyl (C=O) groups excluding carboxylic acids is 2. The van der Waals surface area contributed by atoms with E-state index in [0.717, 1.165) is 27.1 Å². The fourth-order valence-corrected chi connectivity index (χ4v) is 6.66. The Morgan fingerprint density at radius 1 is 0.976 bits per heavy atom. The van der Waals surface area contributed by atoms with E-state index >= 15 is 0 Å². The summed E-state index contributed by atoms with van der Waals surface area (Å²) < 4.78 is 12.8. The lowest BCUT2D eigenvalue weighted by Crippen LogP contribution is -2.29. The number of ether oxygens (including phenoxy) is 2. The molecule has 0 bridgehead atoms. The third kappa shape index (κ3) is 4.50. The third-order valence-electron chi connectivity index (χ3n) is 7.51. The van der Waals surface area contributed by atoms with Gasteiger partial charge in [-0.15, -0.1) is 0 Å². The highest BCUT2D eigenvalue weighted by molar-refractivity contribution is 7.22. The Bertz CT molecular complexity index is 1910. The van der Waals surface area contributed by atoms with Gasteiger partial charge in [0.1, 0.15) is 29.1 Å². The quantitative estimate of drug-likeness (QED) is 0.134. The summed E-state index contributed by atoms with van der Waals surface area (Å²) in [5.41, 5.74) is 3.80. The highest BCUT2D eigenvalue weighted by atomic mass is 32.1. The molecule has 42 heavy (non-hydrogen) atoms. The van der Waals surface area contributed by atoms with Crippen molar-refractivity contribution in [1.82, 2.24) is 4.98 Å². The van der Waals surface area contributed by atoms with Gasteiger partial charge in [0.25, 0.3) is 5.78 Å². The Labute approximate surface area is 246 Å². The third-order valence-corrected chi connectivity index (χ3v) is 8.52. The van der Waals surface area contributed by atoms with Gasteiger partial charge in [-0.1, -0.05) is 47.7 Å². The summed E-state index contributed by atoms with van der Waals surface area (Å²) in [5.74, 6) is 0.186. The SMILES string of the molecule is Cc1ccc2nc(N3C(=O)C(=O)/C(=C(\O)c4ccc5c(c4)CC(C)O5)C3c3cccc(Oc4ccccc4)c3)sc2c1. The number of thiazole rings is 1. The van der Waals surface area contributed by atoms with Gasteiger partial charge in [-0.2, -0.15) is 0 Å². The lowest BCUT2D eigenvalue weighted by atomic mass is 9.94. The van der Waals surface area contributed by atoms with Gasteiger partial charge in [0.15, 0.2) is 5.13 Å². The molecule has 2 aliphatic rings. The van der Waals surface area contributed by atoms with Gasteiger partial charge in [-0.05, 0) is 85.1 Å². The zero-order valence-electron chi connectivity index (χ0n) is 22.9. The molecule has 1 amide bonds. The first-order valence-corrected chi connectivity index (χ1v) is 14.5. The van der Waals surface area contributed by atoms with Crippen LogP contribution in [0.2, 0.25) is 0 Å². The number of aryl methyl sites for hydroxylation is 1. The summed E-state index contributed by atoms with van der Waals surface area (Å²) >= 11 is 1.34. The number of hydrogen-bond donors (Lipinski definition) is 1. The average molecular weight is 575 g/mol. The molecule has 4 aromatic carbocycles. The van der Waals surface area contributed by atoms with Crippen molar-refractivity contribution < 1.29 is 24.2 Å². The van der Waals surface area contributed by atoms with Gasteiger partial charge in [-0.25, -0.2) is 4.98 Å². The van der Waals surface area contributed by atoms with Crippen LogP contribution in [0, 0.1) is 6.92 Å². The first-order chi connectivity index (χ1) is 20.4. The zero-order chi connectivity index (χ0) is 29.0. The number of benzene rings is 4. The first kappa shape index (κ1) is 26.0. The van der Waals surface area contributed by atoms with E-state index in [1.54, 1.807) is 18.2 Å². The number of ketones is 1. The van der Waals surface area contributed by atoms with Gasteiger partial charge < -0.3 is 14.6 Å². The molecule has 2 atom stereocenters. The molecule has 0 aliphatic carbocycles. The number of carbonyl (C=O) groups is 2. The molecule has 0 saturated carbocycles. The second-order valence-corrected chi connectivity index (χ2v) is 11.6. The summed E-state index contributed by atoms with van der Waals surface area (Å²) in [6.45, 7) is 3.97. The van der Waals surface area contributed by atoms with E-state index in [1.807, 2.05) is 86.6 Å². The molecule has 0 spiro atoms. The molecule has 8 heteroatoms. The normalized spacial score (nSPS) is 19.2. The van der Waals surface area contributed by atoms with Gasteiger partial charge in [0.05, 0.1) is 21.8 Å². The number of aliphatic hydroxyl groups is 1. The van der Waals surface area contributed by atoms with Crippen molar-refractivity contribution >= 4 is 44.1 Å². The molecule has 5 aromatic rings. The molecule has 1 saturated heterocycles. The number of aliphatic hydroxyl groups excluding tert-OH is 1. The molecule has 0 radical (unpaired) electrons. The Kier molecular flexibility index (Phi) is 6.28. The van der Waals surface area contributed by atoms with Crippen LogP contribution in [0.1, 0.15) is 35.2 Å². The summed E-state index contributed by atoms with van der Waals surface area (Å²) in [6.07, 6.45) is 0.719. The summed E-state index contributed by atoms with van der Waals surface area (Å²) in [6, 6.07) is 26.9. The highest BCUT2D eigenvalue weighted by Crippen LogP contribution is 2.45. The number of nitrogens with zero attached hydrogens (tertiary/aromatic N) is 2. The minimum Gasteiger partial charge on any atom is -0.507 e. The van der Waals surface area contributed by atoms with Gasteiger partial charge >= 0.3 is 5.91 Å². The minimum atomic E-state index is -0.922. The first-order valence-electron chi connectivity index (χ1n) is 13.7. The Morgan fingerprint density at radius 2 is 1.79 bits per heavy atom. The maximum atomic E-state index is 13.7. The number of Topliss-reactive ketones (excluding diaryl/α,β-unsaturated/α-hetero) is 1. The fraction of sp³-hybridized carbons (Fsp3) is 0.147. The predicted molar refractivity (Wildman–Crippen MR) is 162 cm³/mol. The second kappa shape index (κ2) is 10.2. The number of para-hydroxylation sites is 1. The van der Waals surface area contributed by atoms with Crippen molar-refractivity contribution in [2.45, 2.75) is 32.4 Å². The lowest BCUT2D eigenvalue weighted by molar-refractivity contribution is -0.132. The van der Waals surface area contributed by atoms with Crippen LogP contribution in [0.4, 0.5) is 5.13 Å². The molecule has 7 rings (SSSR count). The summed E-state index contributed by atoms with van der Waals surface area (Å²) in [7, 11) is 0. The smallest absolute Gasteiger partial charge is 0.301 e. The van der Waals surface area contributed by atoms with Crippen LogP contribution in [-0.4, -0.2) is 27.9 Å². The standard InChI is InChI=1S/C34H26N2O5S/c1-19-11-13-26-28(15-19)42-34(35-26)36-30(21-7-6-10-25(18-21)41-24-8-4-3-5-9-24)29(32(38)33(36)39)31(37)22-12-14-27-23(17-22)16-20(2)40-27/h3-15,17-18,20,30,37H,16H2,1-2H3/b31-29-. The van der Waals surface area contributed by atoms with Gasteiger partial charge in [-0.3, -0.25) is 14.5 Å². The van der Waals surface area contributed by atoms with E-state index < -0.39 is 17.7 Å². The van der Waals surface area contributed by atoms with E-state index in [0.29, 0.717) is 34.2 Å². The number of hydrogen-bond acceptors (Lipinski definition) is 7. The molecule has 1 fully saturated rings. The maximum absolute atomic E-state index is 13.7. The molecule has 2 aliphatic heterocycles. The van der Waals surface area contributed by atoms with Crippen LogP contribution in [0.3, 0.4) is 0 Å². The van der Waals surface area contributed by atoms with E-state index in [2.05, 4.69) is 0 Å². The monoisotopic (exact) mass is 574 g/mol. The lowest BCUT2D eigenvalue weighted by Gasteiger charge is -2.23. The molecule has 2 unspecified atom stereocenters. The van der Waals surface area contributed by atoms with Crippen molar-refractivity contribution in [3.05, 3.63) is 119 Å². The topological polar surface area (TPSA) is 89.0 Å². The van der Waals surface area contributed by atoms with Crippen LogP contribution >= 0.6 is 11.3 Å². The van der Waals surface area contributed by atoms with Crippen LogP contribution in [0.25, 0.3) is 16.0 Å². The number of anilines is 1.